The van der Waals surface area contributed by atoms with Crippen molar-refractivity contribution in [2.45, 2.75) is 56.8 Å². The third-order valence-electron chi connectivity index (χ3n) is 11.2. The Morgan fingerprint density at radius 2 is 1.41 bits per heavy atom. The number of rotatable bonds is 8. The normalized spacial score (nSPS) is 17.4. The fourth-order valence-electron chi connectivity index (χ4n) is 8.77. The van der Waals surface area contributed by atoms with E-state index in [0.717, 1.165) is 30.6 Å². The lowest BCUT2D eigenvalue weighted by atomic mass is 9.77. The Bertz CT molecular complexity index is 2140. The van der Waals surface area contributed by atoms with Gasteiger partial charge in [-0.15, -0.1) is 0 Å². The molecule has 2 atom stereocenters. The van der Waals surface area contributed by atoms with Gasteiger partial charge < -0.3 is 4.57 Å². The van der Waals surface area contributed by atoms with Crippen LogP contribution >= 0.6 is 0 Å². The summed E-state index contributed by atoms with van der Waals surface area (Å²) in [5, 5.41) is 6.57. The highest BCUT2D eigenvalue weighted by Gasteiger charge is 2.41. The molecule has 0 radical (unpaired) electrons. The van der Waals surface area contributed by atoms with E-state index in [1.54, 1.807) is 0 Å². The number of benzene rings is 4. The van der Waals surface area contributed by atoms with Gasteiger partial charge in [-0.3, -0.25) is 14.6 Å². The first-order chi connectivity index (χ1) is 24.1. The van der Waals surface area contributed by atoms with Crippen molar-refractivity contribution in [3.8, 4) is 11.1 Å². The van der Waals surface area contributed by atoms with Crippen LogP contribution in [0.3, 0.4) is 0 Å². The van der Waals surface area contributed by atoms with Gasteiger partial charge in [0.15, 0.2) is 0 Å². The molecule has 0 aliphatic carbocycles. The van der Waals surface area contributed by atoms with Crippen molar-refractivity contribution in [1.82, 2.24) is 24.2 Å². The Kier molecular flexibility index (Phi) is 7.32. The zero-order valence-electron chi connectivity index (χ0n) is 28.2. The molecule has 5 heteroatoms. The largest absolute Gasteiger partial charge is 0.344 e. The van der Waals surface area contributed by atoms with Crippen molar-refractivity contribution in [2.24, 2.45) is 0 Å². The molecular formula is C44H41N5. The van der Waals surface area contributed by atoms with Gasteiger partial charge in [-0.1, -0.05) is 103 Å². The highest BCUT2D eigenvalue weighted by atomic mass is 15.3. The molecule has 242 valence electrons. The van der Waals surface area contributed by atoms with Gasteiger partial charge in [0.25, 0.3) is 0 Å². The fraction of sp³-hybridized carbons (Fsp3) is 0.227. The standard InChI is InChI=1S/C44H41N5/c1-31-18-19-32(28-45-31)24-25-48-40-22-20-33(26-39(40)43-41-23-21-38(47(41)2)27-42(43)48)34-29-46-49(30-34)44(35-12-6-3-7-13-35,36-14-8-4-9-15-36)37-16-10-5-11-17-37/h3-20,22,26,28-30,38,41H,21,23-25,27H2,1-2H3. The molecular weight excluding hydrogens is 599 g/mol. The van der Waals surface area contributed by atoms with Gasteiger partial charge >= 0.3 is 0 Å². The van der Waals surface area contributed by atoms with E-state index in [0.29, 0.717) is 12.1 Å². The van der Waals surface area contributed by atoms with Gasteiger partial charge in [0.2, 0.25) is 0 Å². The van der Waals surface area contributed by atoms with E-state index < -0.39 is 5.54 Å². The highest BCUT2D eigenvalue weighted by Crippen LogP contribution is 2.48. The summed E-state index contributed by atoms with van der Waals surface area (Å²) in [6.07, 6.45) is 10.9. The molecule has 3 aromatic heterocycles. The van der Waals surface area contributed by atoms with Crippen molar-refractivity contribution >= 4 is 10.9 Å². The second-order valence-electron chi connectivity index (χ2n) is 13.9. The molecule has 2 aliphatic heterocycles. The Balaban J connectivity index is 1.18. The molecule has 1 saturated heterocycles. The molecule has 1 fully saturated rings. The minimum absolute atomic E-state index is 0.471. The van der Waals surface area contributed by atoms with Gasteiger partial charge in [-0.05, 0) is 84.8 Å². The zero-order chi connectivity index (χ0) is 33.0. The molecule has 7 aromatic rings. The van der Waals surface area contributed by atoms with Crippen LogP contribution in [0.4, 0.5) is 0 Å². The molecule has 4 aromatic carbocycles. The maximum absolute atomic E-state index is 5.18. The number of nitrogens with zero attached hydrogens (tertiary/aromatic N) is 5. The molecule has 2 unspecified atom stereocenters. The maximum atomic E-state index is 5.18. The van der Waals surface area contributed by atoms with Gasteiger partial charge in [0.1, 0.15) is 5.54 Å². The Labute approximate surface area is 288 Å². The van der Waals surface area contributed by atoms with E-state index in [1.807, 2.05) is 6.20 Å². The minimum Gasteiger partial charge on any atom is -0.344 e. The van der Waals surface area contributed by atoms with Crippen molar-refractivity contribution in [3.05, 3.63) is 179 Å². The molecule has 2 aliphatic rings. The van der Waals surface area contributed by atoms with Crippen LogP contribution in [0.5, 0.6) is 0 Å². The molecule has 49 heavy (non-hydrogen) atoms. The SMILES string of the molecule is Cc1ccc(CCn2c3c(c4cc(-c5cnn(C(c6ccccc6)(c6ccccc6)c6ccccc6)c5)ccc42)C2CCC(C3)N2C)cn1. The summed E-state index contributed by atoms with van der Waals surface area (Å²) in [7, 11) is 2.33. The van der Waals surface area contributed by atoms with Crippen LogP contribution in [-0.2, 0) is 24.9 Å². The lowest BCUT2D eigenvalue weighted by molar-refractivity contribution is 0.222. The number of likely N-dealkylation sites (N-methyl/N-ethyl adjacent to an activating group) is 1. The average Bonchev–Trinajstić information content (AvgIpc) is 3.82. The zero-order valence-corrected chi connectivity index (χ0v) is 28.2. The Hall–Kier alpha value is -5.26. The third kappa shape index (κ3) is 4.87. The summed E-state index contributed by atoms with van der Waals surface area (Å²) in [6.45, 7) is 3.02. The third-order valence-corrected chi connectivity index (χ3v) is 11.2. The summed E-state index contributed by atoms with van der Waals surface area (Å²) in [5.41, 5.74) is 12.0. The highest BCUT2D eigenvalue weighted by molar-refractivity contribution is 5.90. The van der Waals surface area contributed by atoms with Crippen molar-refractivity contribution in [2.75, 3.05) is 7.05 Å². The molecule has 0 N–H and O–H groups in total. The average molecular weight is 640 g/mol. The van der Waals surface area contributed by atoms with E-state index in [1.165, 1.54) is 62.8 Å². The van der Waals surface area contributed by atoms with Crippen LogP contribution in [-0.4, -0.2) is 37.3 Å². The van der Waals surface area contributed by atoms with Crippen LogP contribution < -0.4 is 0 Å². The van der Waals surface area contributed by atoms with E-state index in [2.05, 4.69) is 167 Å². The van der Waals surface area contributed by atoms with E-state index in [9.17, 15) is 0 Å². The minimum atomic E-state index is -0.638. The molecule has 0 saturated carbocycles. The second kappa shape index (κ2) is 12.0. The quantitative estimate of drug-likeness (QED) is 0.156. The summed E-state index contributed by atoms with van der Waals surface area (Å²) < 4.78 is 4.80. The smallest absolute Gasteiger partial charge is 0.138 e. The van der Waals surface area contributed by atoms with E-state index in [-0.39, 0.29) is 0 Å². The predicted octanol–water partition coefficient (Wildman–Crippen LogP) is 8.98. The fourth-order valence-corrected chi connectivity index (χ4v) is 8.77. The molecule has 5 nitrogen and oxygen atoms in total. The van der Waals surface area contributed by atoms with Crippen molar-refractivity contribution in [3.63, 3.8) is 0 Å². The van der Waals surface area contributed by atoms with Crippen molar-refractivity contribution in [1.29, 1.82) is 0 Å². The van der Waals surface area contributed by atoms with Crippen LogP contribution in [0, 0.1) is 6.92 Å². The topological polar surface area (TPSA) is 38.9 Å². The monoisotopic (exact) mass is 639 g/mol. The lowest BCUT2D eigenvalue weighted by Crippen LogP contribution is -2.38. The number of aromatic nitrogens is 4. The van der Waals surface area contributed by atoms with Gasteiger partial charge in [0, 0.05) is 65.3 Å². The molecule has 2 bridgehead atoms. The molecule has 0 amide bonds. The lowest BCUT2D eigenvalue weighted by Gasteiger charge is -2.36. The first kappa shape index (κ1) is 29.8. The van der Waals surface area contributed by atoms with Crippen LogP contribution in [0.1, 0.15) is 58.1 Å². The predicted molar refractivity (Wildman–Crippen MR) is 198 cm³/mol. The van der Waals surface area contributed by atoms with Gasteiger partial charge in [0.05, 0.1) is 6.20 Å². The number of aryl methyl sites for hydroxylation is 3. The first-order valence-electron chi connectivity index (χ1n) is 17.6. The second-order valence-corrected chi connectivity index (χ2v) is 13.9. The molecule has 0 spiro atoms. The van der Waals surface area contributed by atoms with Gasteiger partial charge in [-0.25, -0.2) is 0 Å². The number of pyridine rings is 1. The van der Waals surface area contributed by atoms with Crippen LogP contribution in [0.2, 0.25) is 0 Å². The Morgan fingerprint density at radius 3 is 2.04 bits per heavy atom. The summed E-state index contributed by atoms with van der Waals surface area (Å²) in [6, 6.07) is 44.9. The molecule has 5 heterocycles. The van der Waals surface area contributed by atoms with E-state index in [4.69, 9.17) is 5.10 Å². The van der Waals surface area contributed by atoms with E-state index >= 15 is 0 Å². The molecule has 9 rings (SSSR count). The number of hydrogen-bond donors (Lipinski definition) is 0. The van der Waals surface area contributed by atoms with Crippen LogP contribution in [0.15, 0.2) is 140 Å². The number of hydrogen-bond acceptors (Lipinski definition) is 3. The maximum Gasteiger partial charge on any atom is 0.138 e. The van der Waals surface area contributed by atoms with Crippen molar-refractivity contribution < 1.29 is 0 Å². The Morgan fingerprint density at radius 1 is 0.735 bits per heavy atom. The first-order valence-corrected chi connectivity index (χ1v) is 17.6. The summed E-state index contributed by atoms with van der Waals surface area (Å²) in [5.74, 6) is 0. The van der Waals surface area contributed by atoms with Gasteiger partial charge in [-0.2, -0.15) is 5.10 Å². The number of fused-ring (bicyclic) bond motifs is 6. The summed E-state index contributed by atoms with van der Waals surface area (Å²) in [4.78, 5) is 7.20. The van der Waals surface area contributed by atoms with Crippen LogP contribution in [0.25, 0.3) is 22.0 Å². The summed E-state index contributed by atoms with van der Waals surface area (Å²) >= 11 is 0.